The highest BCUT2D eigenvalue weighted by Gasteiger charge is 1.96. The molecule has 1 aromatic carbocycles. The van der Waals surface area contributed by atoms with Crippen LogP contribution in [0.3, 0.4) is 0 Å². The van der Waals surface area contributed by atoms with Gasteiger partial charge in [0, 0.05) is 6.54 Å². The van der Waals surface area contributed by atoms with E-state index in [4.69, 9.17) is 5.11 Å². The fourth-order valence-corrected chi connectivity index (χ4v) is 1.03. The summed E-state index contributed by atoms with van der Waals surface area (Å²) in [7, 11) is 0. The van der Waals surface area contributed by atoms with Crippen molar-refractivity contribution in [2.45, 2.75) is 6.54 Å². The molecule has 1 aromatic heterocycles. The number of H-pyrrole nitrogens is 1. The molecule has 0 saturated heterocycles. The highest BCUT2D eigenvalue weighted by atomic mass is 16.3. The largest absolute Gasteiger partial charge is 0.508 e. The van der Waals surface area contributed by atoms with Gasteiger partial charge in [-0.1, -0.05) is 17.2 Å². The molecular formula is C8H9N5O. The summed E-state index contributed by atoms with van der Waals surface area (Å²) in [5, 5.41) is 25.2. The number of benzene rings is 1. The predicted molar refractivity (Wildman–Crippen MR) is 49.6 cm³/mol. The molecule has 0 unspecified atom stereocenters. The number of phenols is 1. The minimum atomic E-state index is 0.258. The molecule has 0 amide bonds. The normalized spacial score (nSPS) is 10.0. The molecule has 0 bridgehead atoms. The summed E-state index contributed by atoms with van der Waals surface area (Å²) in [6.45, 7) is 0.597. The lowest BCUT2D eigenvalue weighted by Gasteiger charge is -2.01. The van der Waals surface area contributed by atoms with E-state index in [0.29, 0.717) is 12.5 Å². The number of aromatic nitrogens is 4. The van der Waals surface area contributed by atoms with Gasteiger partial charge in [-0.05, 0) is 22.9 Å². The first-order valence-electron chi connectivity index (χ1n) is 4.10. The van der Waals surface area contributed by atoms with Crippen molar-refractivity contribution < 1.29 is 5.11 Å². The van der Waals surface area contributed by atoms with Crippen LogP contribution in [0.2, 0.25) is 0 Å². The minimum Gasteiger partial charge on any atom is -0.508 e. The molecule has 0 fully saturated rings. The fourth-order valence-electron chi connectivity index (χ4n) is 1.03. The lowest BCUT2D eigenvalue weighted by Crippen LogP contribution is -2.00. The van der Waals surface area contributed by atoms with Crippen molar-refractivity contribution in [3.63, 3.8) is 0 Å². The Morgan fingerprint density at radius 2 is 2.07 bits per heavy atom. The molecule has 2 rings (SSSR count). The summed E-state index contributed by atoms with van der Waals surface area (Å²) in [5.74, 6) is 0.714. The Morgan fingerprint density at radius 3 is 2.71 bits per heavy atom. The Hall–Kier alpha value is -2.11. The van der Waals surface area contributed by atoms with Crippen molar-refractivity contribution in [1.82, 2.24) is 20.6 Å². The average Bonchev–Trinajstić information content (AvgIpc) is 2.70. The zero-order valence-corrected chi connectivity index (χ0v) is 7.31. The van der Waals surface area contributed by atoms with E-state index in [1.807, 2.05) is 12.1 Å². The molecule has 72 valence electrons. The van der Waals surface area contributed by atoms with Gasteiger partial charge in [-0.3, -0.25) is 0 Å². The van der Waals surface area contributed by atoms with E-state index in [2.05, 4.69) is 25.9 Å². The summed E-state index contributed by atoms with van der Waals surface area (Å²) >= 11 is 0. The van der Waals surface area contributed by atoms with Crippen LogP contribution in [0.25, 0.3) is 0 Å². The Morgan fingerprint density at radius 1 is 1.29 bits per heavy atom. The molecule has 0 spiro atoms. The van der Waals surface area contributed by atoms with E-state index in [1.54, 1.807) is 12.1 Å². The molecule has 6 nitrogen and oxygen atoms in total. The summed E-state index contributed by atoms with van der Waals surface area (Å²) in [6, 6.07) is 6.91. The van der Waals surface area contributed by atoms with Gasteiger partial charge in [0.25, 0.3) is 5.95 Å². The smallest absolute Gasteiger partial charge is 0.263 e. The first kappa shape index (κ1) is 8.49. The molecule has 0 radical (unpaired) electrons. The van der Waals surface area contributed by atoms with Crippen LogP contribution in [0.15, 0.2) is 24.3 Å². The van der Waals surface area contributed by atoms with Gasteiger partial charge < -0.3 is 10.4 Å². The van der Waals surface area contributed by atoms with Crippen LogP contribution in [-0.4, -0.2) is 25.7 Å². The van der Waals surface area contributed by atoms with Crippen molar-refractivity contribution in [3.8, 4) is 5.75 Å². The van der Waals surface area contributed by atoms with E-state index in [0.717, 1.165) is 5.56 Å². The zero-order valence-electron chi connectivity index (χ0n) is 7.31. The van der Waals surface area contributed by atoms with Crippen LogP contribution < -0.4 is 5.32 Å². The number of rotatable bonds is 3. The molecule has 0 aliphatic carbocycles. The third-order valence-corrected chi connectivity index (χ3v) is 1.73. The second kappa shape index (κ2) is 3.73. The van der Waals surface area contributed by atoms with Gasteiger partial charge in [0.05, 0.1) is 0 Å². The summed E-state index contributed by atoms with van der Waals surface area (Å²) in [6.07, 6.45) is 0. The molecule has 0 saturated carbocycles. The molecule has 2 aromatic rings. The maximum Gasteiger partial charge on any atom is 0.263 e. The second-order valence-electron chi connectivity index (χ2n) is 2.76. The molecule has 0 aliphatic heterocycles. The predicted octanol–water partition coefficient (Wildman–Crippen LogP) is 0.517. The van der Waals surface area contributed by atoms with Crippen LogP contribution in [0.4, 0.5) is 5.95 Å². The van der Waals surface area contributed by atoms with Crippen LogP contribution in [0.1, 0.15) is 5.56 Å². The van der Waals surface area contributed by atoms with Crippen LogP contribution in [0.5, 0.6) is 5.75 Å². The van der Waals surface area contributed by atoms with E-state index in [-0.39, 0.29) is 5.75 Å². The van der Waals surface area contributed by atoms with Gasteiger partial charge in [-0.25, -0.2) is 0 Å². The maximum absolute atomic E-state index is 9.05. The Kier molecular flexibility index (Phi) is 2.26. The topological polar surface area (TPSA) is 86.7 Å². The van der Waals surface area contributed by atoms with Gasteiger partial charge in [0.2, 0.25) is 0 Å². The monoisotopic (exact) mass is 191 g/mol. The van der Waals surface area contributed by atoms with E-state index < -0.39 is 0 Å². The minimum absolute atomic E-state index is 0.258. The highest BCUT2D eigenvalue weighted by molar-refractivity contribution is 5.29. The highest BCUT2D eigenvalue weighted by Crippen LogP contribution is 2.10. The number of nitrogens with zero attached hydrogens (tertiary/aromatic N) is 3. The summed E-state index contributed by atoms with van der Waals surface area (Å²) in [4.78, 5) is 0. The van der Waals surface area contributed by atoms with E-state index >= 15 is 0 Å². The standard InChI is InChI=1S/C8H9N5O/c14-7-3-1-6(2-4-7)5-9-8-10-12-13-11-8/h1-4,14H,5H2,(H2,9,10,11,12,13). The molecule has 0 aliphatic rings. The first-order valence-corrected chi connectivity index (χ1v) is 4.10. The molecule has 0 atom stereocenters. The van der Waals surface area contributed by atoms with Crippen molar-refractivity contribution >= 4 is 5.95 Å². The SMILES string of the molecule is Oc1ccc(CNc2nn[nH]n2)cc1. The second-order valence-corrected chi connectivity index (χ2v) is 2.76. The zero-order chi connectivity index (χ0) is 9.80. The molecule has 6 heteroatoms. The van der Waals surface area contributed by atoms with Crippen LogP contribution in [0, 0.1) is 0 Å². The van der Waals surface area contributed by atoms with Crippen LogP contribution >= 0.6 is 0 Å². The fraction of sp³-hybridized carbons (Fsp3) is 0.125. The van der Waals surface area contributed by atoms with E-state index in [9.17, 15) is 0 Å². The van der Waals surface area contributed by atoms with Gasteiger partial charge in [-0.2, -0.15) is 5.21 Å². The van der Waals surface area contributed by atoms with Gasteiger partial charge in [-0.15, -0.1) is 5.10 Å². The number of aromatic amines is 1. The molecule has 3 N–H and O–H groups in total. The third-order valence-electron chi connectivity index (χ3n) is 1.73. The maximum atomic E-state index is 9.05. The lowest BCUT2D eigenvalue weighted by atomic mass is 10.2. The average molecular weight is 191 g/mol. The molecular weight excluding hydrogens is 182 g/mol. The molecule has 14 heavy (non-hydrogen) atoms. The number of nitrogens with one attached hydrogen (secondary N) is 2. The number of aromatic hydroxyl groups is 1. The Labute approximate surface area is 80.0 Å². The Balaban J connectivity index is 1.95. The number of hydrogen-bond donors (Lipinski definition) is 3. The lowest BCUT2D eigenvalue weighted by molar-refractivity contribution is 0.475. The third kappa shape index (κ3) is 1.98. The molecule has 1 heterocycles. The van der Waals surface area contributed by atoms with Gasteiger partial charge >= 0.3 is 0 Å². The van der Waals surface area contributed by atoms with Gasteiger partial charge in [0.1, 0.15) is 5.75 Å². The van der Waals surface area contributed by atoms with Crippen molar-refractivity contribution in [2.24, 2.45) is 0 Å². The quantitative estimate of drug-likeness (QED) is 0.658. The number of hydrogen-bond acceptors (Lipinski definition) is 5. The van der Waals surface area contributed by atoms with Crippen molar-refractivity contribution in [2.75, 3.05) is 5.32 Å². The van der Waals surface area contributed by atoms with Crippen molar-refractivity contribution in [1.29, 1.82) is 0 Å². The van der Waals surface area contributed by atoms with Gasteiger partial charge in [0.15, 0.2) is 0 Å². The summed E-state index contributed by atoms with van der Waals surface area (Å²) in [5.41, 5.74) is 1.03. The summed E-state index contributed by atoms with van der Waals surface area (Å²) < 4.78 is 0. The Bertz CT molecular complexity index is 383. The van der Waals surface area contributed by atoms with Crippen LogP contribution in [-0.2, 0) is 6.54 Å². The van der Waals surface area contributed by atoms with E-state index in [1.165, 1.54) is 0 Å². The first-order chi connectivity index (χ1) is 6.84. The van der Waals surface area contributed by atoms with Crippen molar-refractivity contribution in [3.05, 3.63) is 29.8 Å². The number of phenolic OH excluding ortho intramolecular Hbond substituents is 1. The number of anilines is 1. The number of tetrazole rings is 1.